The number of carbonyl (C=O) groups is 5. The Kier molecular flexibility index (Phi) is 13.5. The molecule has 4 heterocycles. The van der Waals surface area contributed by atoms with Crippen molar-refractivity contribution in [2.45, 2.75) is 102 Å². The highest BCUT2D eigenvalue weighted by Gasteiger charge is 2.50. The van der Waals surface area contributed by atoms with Crippen molar-refractivity contribution in [1.29, 1.82) is 0 Å². The fourth-order valence-electron chi connectivity index (χ4n) is 9.76. The molecule has 3 fully saturated rings. The molecule has 1 unspecified atom stereocenters. The van der Waals surface area contributed by atoms with Crippen LogP contribution in [0, 0.1) is 11.3 Å². The van der Waals surface area contributed by atoms with Gasteiger partial charge in [-0.05, 0) is 101 Å². The number of phenols is 1. The molecule has 1 atom stereocenters. The first kappa shape index (κ1) is 46.5. The summed E-state index contributed by atoms with van der Waals surface area (Å²) in [4.78, 5) is 73.2. The van der Waals surface area contributed by atoms with Gasteiger partial charge in [0.05, 0.1) is 43.7 Å². The van der Waals surface area contributed by atoms with Crippen molar-refractivity contribution in [3.8, 4) is 5.75 Å². The Hall–Kier alpha value is -5.46. The van der Waals surface area contributed by atoms with Gasteiger partial charge in [-0.2, -0.15) is 13.2 Å². The standard InChI is InChI=1S/C23H24F3N3O3S.C23H30N4O4/c1-22(2,32)17-14(28-20(31)13-9-6-10-16(27-13)23(24,25)26)11-15-18(19(17)30)29-21(33-15)12-7-4-3-5-8-12;1-24-19(29)7-6-16(12-28)27-21(30)17-4-3-5-18(20(17)22(27)31)25-9-8-15-10-23(11-15)13-26(2)14-23/h6,9-12,30,32H,3-5,7-8H2,1-2H3,(H,28,31);3-5,12,15-16,25H,6-11,13-14H2,1-2H3,(H,24,29). The van der Waals surface area contributed by atoms with Crippen molar-refractivity contribution >= 4 is 62.8 Å². The zero-order valence-electron chi connectivity index (χ0n) is 36.3. The van der Waals surface area contributed by atoms with Crippen LogP contribution < -0.4 is 16.0 Å². The highest BCUT2D eigenvalue weighted by molar-refractivity contribution is 7.18. The maximum atomic E-state index is 13.1. The lowest BCUT2D eigenvalue weighted by atomic mass is 9.57. The van der Waals surface area contributed by atoms with Crippen molar-refractivity contribution < 1.29 is 47.4 Å². The van der Waals surface area contributed by atoms with Crippen LogP contribution in [0.4, 0.5) is 24.5 Å². The minimum Gasteiger partial charge on any atom is -0.505 e. The lowest BCUT2D eigenvalue weighted by molar-refractivity contribution is -0.141. The molecule has 0 bridgehead atoms. The summed E-state index contributed by atoms with van der Waals surface area (Å²) >= 11 is 1.41. The number of aromatic hydroxyl groups is 1. The number of aromatic nitrogens is 2. The number of thiazole rings is 1. The zero-order valence-corrected chi connectivity index (χ0v) is 37.1. The molecule has 64 heavy (non-hydrogen) atoms. The third-order valence-corrected chi connectivity index (χ3v) is 13.8. The topological polar surface area (TPSA) is 194 Å². The Balaban J connectivity index is 0.000000192. The van der Waals surface area contributed by atoms with Crippen LogP contribution in [-0.2, 0) is 21.4 Å². The number of hydrogen-bond acceptors (Lipinski definition) is 12. The quantitative estimate of drug-likeness (QED) is 0.0661. The van der Waals surface area contributed by atoms with E-state index in [0.717, 1.165) is 60.7 Å². The molecule has 2 aliphatic carbocycles. The molecule has 4 aliphatic rings. The van der Waals surface area contributed by atoms with E-state index in [9.17, 15) is 47.4 Å². The predicted molar refractivity (Wildman–Crippen MR) is 235 cm³/mol. The second-order valence-corrected chi connectivity index (χ2v) is 19.1. The number of aldehydes is 1. The van der Waals surface area contributed by atoms with Gasteiger partial charge in [-0.25, -0.2) is 9.97 Å². The first-order valence-corrected chi connectivity index (χ1v) is 22.5. The molecule has 18 heteroatoms. The van der Waals surface area contributed by atoms with Gasteiger partial charge in [-0.3, -0.25) is 24.1 Å². The number of alkyl halides is 3. The van der Waals surface area contributed by atoms with E-state index in [0.29, 0.717) is 50.6 Å². The molecular weight excluding hydrogens is 852 g/mol. The lowest BCUT2D eigenvalue weighted by Gasteiger charge is -2.58. The maximum Gasteiger partial charge on any atom is 0.433 e. The van der Waals surface area contributed by atoms with Crippen LogP contribution in [0.1, 0.15) is 131 Å². The summed E-state index contributed by atoms with van der Waals surface area (Å²) < 4.78 is 39.6. The van der Waals surface area contributed by atoms with Crippen LogP contribution in [0.2, 0.25) is 0 Å². The summed E-state index contributed by atoms with van der Waals surface area (Å²) in [7, 11) is 3.66. The minimum absolute atomic E-state index is 0.0378. The molecule has 8 rings (SSSR count). The molecule has 4 amide bonds. The van der Waals surface area contributed by atoms with Gasteiger partial charge in [0.25, 0.3) is 17.7 Å². The third kappa shape index (κ3) is 9.78. The number of phenolic OH excluding ortho intramolecular Hbond substituents is 1. The predicted octanol–water partition coefficient (Wildman–Crippen LogP) is 7.46. The van der Waals surface area contributed by atoms with Gasteiger partial charge in [0.1, 0.15) is 23.2 Å². The van der Waals surface area contributed by atoms with Gasteiger partial charge in [-0.15, -0.1) is 11.3 Å². The summed E-state index contributed by atoms with van der Waals surface area (Å²) in [5, 5.41) is 30.9. The molecule has 2 aromatic carbocycles. The number of pyridine rings is 1. The van der Waals surface area contributed by atoms with Gasteiger partial charge < -0.3 is 35.9 Å². The highest BCUT2D eigenvalue weighted by atomic mass is 32.1. The van der Waals surface area contributed by atoms with Crippen molar-refractivity contribution in [3.05, 3.63) is 75.6 Å². The smallest absolute Gasteiger partial charge is 0.433 e. The first-order chi connectivity index (χ1) is 30.3. The number of rotatable bonds is 13. The third-order valence-electron chi connectivity index (χ3n) is 12.7. The molecule has 4 aromatic rings. The van der Waals surface area contributed by atoms with E-state index >= 15 is 0 Å². The van der Waals surface area contributed by atoms with Crippen LogP contribution in [0.3, 0.4) is 0 Å². The van der Waals surface area contributed by atoms with Gasteiger partial charge in [0.2, 0.25) is 5.91 Å². The number of fused-ring (bicyclic) bond motifs is 2. The van der Waals surface area contributed by atoms with E-state index in [1.54, 1.807) is 24.3 Å². The van der Waals surface area contributed by atoms with E-state index in [4.69, 9.17) is 0 Å². The molecule has 2 aliphatic heterocycles. The summed E-state index contributed by atoms with van der Waals surface area (Å²) in [6.07, 6.45) is 5.08. The number of carbonyl (C=O) groups excluding carboxylic acids is 5. The normalized spacial score (nSPS) is 18.2. The van der Waals surface area contributed by atoms with Crippen LogP contribution >= 0.6 is 11.3 Å². The number of hydrogen-bond donors (Lipinski definition) is 5. The van der Waals surface area contributed by atoms with Gasteiger partial charge >= 0.3 is 6.18 Å². The average Bonchev–Trinajstić information content (AvgIpc) is 3.78. The number of imide groups is 1. The minimum atomic E-state index is -4.69. The van der Waals surface area contributed by atoms with Crippen molar-refractivity contribution in [1.82, 2.24) is 25.1 Å². The Labute approximate surface area is 373 Å². The molecule has 14 nitrogen and oxygen atoms in total. The molecule has 1 saturated heterocycles. The average molecular weight is 906 g/mol. The number of aliphatic hydroxyl groups is 1. The fraction of sp³-hybridized carbons (Fsp3) is 0.500. The summed E-state index contributed by atoms with van der Waals surface area (Å²) in [5.41, 5.74) is -0.891. The number of halogens is 3. The van der Waals surface area contributed by atoms with Crippen LogP contribution in [-0.4, -0.2) is 99.7 Å². The van der Waals surface area contributed by atoms with Gasteiger partial charge in [-0.1, -0.05) is 31.4 Å². The second kappa shape index (κ2) is 18.6. The maximum absolute atomic E-state index is 13.1. The largest absolute Gasteiger partial charge is 0.505 e. The van der Waals surface area contributed by atoms with E-state index in [2.05, 4.69) is 37.9 Å². The van der Waals surface area contributed by atoms with E-state index in [-0.39, 0.29) is 35.7 Å². The zero-order chi connectivity index (χ0) is 46.1. The molecular formula is C46H54F3N7O7S. The number of amides is 4. The first-order valence-electron chi connectivity index (χ1n) is 21.7. The Morgan fingerprint density at radius 2 is 1.72 bits per heavy atom. The van der Waals surface area contributed by atoms with Gasteiger partial charge in [0, 0.05) is 44.7 Å². The molecule has 342 valence electrons. The SMILES string of the molecule is CC(C)(O)c1c(NC(=O)c2cccc(C(F)(F)F)n2)cc2sc(C3CCCCC3)nc2c1O.CNC(=O)CCC(C=O)N1C(=O)c2cccc(NCCC3CC4(C3)CN(C)C4)c2C1=O. The summed E-state index contributed by atoms with van der Waals surface area (Å²) in [6.45, 7) is 6.03. The second-order valence-electron chi connectivity index (χ2n) is 18.1. The van der Waals surface area contributed by atoms with Crippen LogP contribution in [0.25, 0.3) is 10.2 Å². The molecule has 2 saturated carbocycles. The number of nitrogens with one attached hydrogen (secondary N) is 3. The number of benzene rings is 2. The molecule has 5 N–H and O–H groups in total. The van der Waals surface area contributed by atoms with Crippen LogP contribution in [0.15, 0.2) is 42.5 Å². The van der Waals surface area contributed by atoms with E-state index in [1.165, 1.54) is 70.7 Å². The Morgan fingerprint density at radius 1 is 1.02 bits per heavy atom. The van der Waals surface area contributed by atoms with E-state index < -0.39 is 46.9 Å². The number of anilines is 2. The lowest BCUT2D eigenvalue weighted by Crippen LogP contribution is -2.60. The van der Waals surface area contributed by atoms with E-state index in [1.807, 2.05) is 0 Å². The van der Waals surface area contributed by atoms with Crippen molar-refractivity contribution in [2.24, 2.45) is 11.3 Å². The Bertz CT molecular complexity index is 2430. The summed E-state index contributed by atoms with van der Waals surface area (Å²) in [6, 6.07) is 8.85. The number of likely N-dealkylation sites (tertiary alicyclic amines) is 1. The molecule has 0 radical (unpaired) electrons. The van der Waals surface area contributed by atoms with Crippen LogP contribution in [0.5, 0.6) is 5.75 Å². The van der Waals surface area contributed by atoms with Crippen molar-refractivity contribution in [3.63, 3.8) is 0 Å². The molecule has 2 aromatic heterocycles. The van der Waals surface area contributed by atoms with Gasteiger partial charge in [0.15, 0.2) is 5.75 Å². The Morgan fingerprint density at radius 3 is 2.36 bits per heavy atom. The summed E-state index contributed by atoms with van der Waals surface area (Å²) in [5.74, 6) is -1.33. The highest BCUT2D eigenvalue weighted by Crippen LogP contribution is 2.52. The monoisotopic (exact) mass is 905 g/mol. The molecule has 1 spiro atoms. The fourth-order valence-corrected chi connectivity index (χ4v) is 10.9. The van der Waals surface area contributed by atoms with Crippen molar-refractivity contribution in [2.75, 3.05) is 44.4 Å². The number of nitrogens with zero attached hydrogens (tertiary/aromatic N) is 4.